The van der Waals surface area contributed by atoms with E-state index in [0.29, 0.717) is 18.7 Å². The van der Waals surface area contributed by atoms with Crippen molar-refractivity contribution in [1.82, 2.24) is 5.06 Å². The summed E-state index contributed by atoms with van der Waals surface area (Å²) >= 11 is 0. The minimum absolute atomic E-state index is 0.341. The monoisotopic (exact) mass is 345 g/mol. The maximum absolute atomic E-state index is 12.5. The van der Waals surface area contributed by atoms with Gasteiger partial charge in [0, 0.05) is 0 Å². The standard InChI is InChI=1S/C23H23NO2/c1-18-13-14-22(19(2)15-18)17-24(16-20-9-5-3-6-10-20)26-23(25)21-11-7-4-8-12-21/h3-15H,16-17H2,1-2H3. The molecule has 0 aliphatic rings. The van der Waals surface area contributed by atoms with Gasteiger partial charge in [-0.05, 0) is 42.7 Å². The van der Waals surface area contributed by atoms with Crippen molar-refractivity contribution in [3.05, 3.63) is 107 Å². The minimum Gasteiger partial charge on any atom is -0.363 e. The molecule has 0 spiro atoms. The topological polar surface area (TPSA) is 29.5 Å². The summed E-state index contributed by atoms with van der Waals surface area (Å²) in [5, 5.41) is 1.72. The molecule has 0 fully saturated rings. The molecular formula is C23H23NO2. The van der Waals surface area contributed by atoms with Crippen molar-refractivity contribution in [2.24, 2.45) is 0 Å². The normalized spacial score (nSPS) is 10.7. The van der Waals surface area contributed by atoms with E-state index in [1.54, 1.807) is 17.2 Å². The van der Waals surface area contributed by atoms with E-state index < -0.39 is 0 Å². The van der Waals surface area contributed by atoms with Gasteiger partial charge in [-0.25, -0.2) is 4.79 Å². The molecule has 3 aromatic carbocycles. The number of carbonyl (C=O) groups is 1. The van der Waals surface area contributed by atoms with Crippen molar-refractivity contribution >= 4 is 5.97 Å². The van der Waals surface area contributed by atoms with Crippen molar-refractivity contribution in [1.29, 1.82) is 0 Å². The third-order valence-electron chi connectivity index (χ3n) is 4.27. The highest BCUT2D eigenvalue weighted by molar-refractivity contribution is 5.89. The van der Waals surface area contributed by atoms with Gasteiger partial charge < -0.3 is 4.84 Å². The zero-order chi connectivity index (χ0) is 18.4. The van der Waals surface area contributed by atoms with Gasteiger partial charge in [0.1, 0.15) is 0 Å². The molecule has 132 valence electrons. The van der Waals surface area contributed by atoms with Crippen molar-refractivity contribution in [3.63, 3.8) is 0 Å². The van der Waals surface area contributed by atoms with E-state index >= 15 is 0 Å². The number of aryl methyl sites for hydroxylation is 2. The molecule has 0 aromatic heterocycles. The summed E-state index contributed by atoms with van der Waals surface area (Å²) in [5.41, 5.74) is 5.21. The van der Waals surface area contributed by atoms with E-state index in [0.717, 1.165) is 11.1 Å². The highest BCUT2D eigenvalue weighted by Gasteiger charge is 2.16. The molecule has 0 radical (unpaired) electrons. The van der Waals surface area contributed by atoms with Crippen molar-refractivity contribution < 1.29 is 9.63 Å². The molecule has 3 rings (SSSR count). The molecule has 3 heteroatoms. The molecule has 0 aliphatic heterocycles. The minimum atomic E-state index is -0.341. The van der Waals surface area contributed by atoms with Crippen LogP contribution in [0.2, 0.25) is 0 Å². The average molecular weight is 345 g/mol. The van der Waals surface area contributed by atoms with Crippen molar-refractivity contribution in [2.75, 3.05) is 0 Å². The predicted molar refractivity (Wildman–Crippen MR) is 103 cm³/mol. The number of hydroxylamine groups is 2. The highest BCUT2D eigenvalue weighted by Crippen LogP contribution is 2.17. The van der Waals surface area contributed by atoms with Crippen LogP contribution < -0.4 is 0 Å². The molecule has 0 bridgehead atoms. The molecule has 0 heterocycles. The van der Waals surface area contributed by atoms with Crippen LogP contribution in [0.1, 0.15) is 32.6 Å². The second-order valence-electron chi connectivity index (χ2n) is 6.46. The number of nitrogens with zero attached hydrogens (tertiary/aromatic N) is 1. The van der Waals surface area contributed by atoms with Crippen LogP contribution in [0.25, 0.3) is 0 Å². The first-order valence-corrected chi connectivity index (χ1v) is 8.74. The Bertz CT molecular complexity index is 860. The van der Waals surface area contributed by atoms with Crippen LogP contribution in [0.3, 0.4) is 0 Å². The lowest BCUT2D eigenvalue weighted by Gasteiger charge is -2.22. The largest absolute Gasteiger partial charge is 0.363 e. The lowest BCUT2D eigenvalue weighted by Crippen LogP contribution is -2.27. The highest BCUT2D eigenvalue weighted by atomic mass is 16.7. The Morgan fingerprint density at radius 1 is 0.846 bits per heavy atom. The Balaban J connectivity index is 1.80. The molecular weight excluding hydrogens is 322 g/mol. The fraction of sp³-hybridized carbons (Fsp3) is 0.174. The first-order valence-electron chi connectivity index (χ1n) is 8.74. The lowest BCUT2D eigenvalue weighted by atomic mass is 10.1. The molecule has 0 N–H and O–H groups in total. The molecule has 26 heavy (non-hydrogen) atoms. The van der Waals surface area contributed by atoms with Gasteiger partial charge in [0.15, 0.2) is 0 Å². The zero-order valence-corrected chi connectivity index (χ0v) is 15.2. The maximum atomic E-state index is 12.5. The summed E-state index contributed by atoms with van der Waals surface area (Å²) in [4.78, 5) is 18.2. The first kappa shape index (κ1) is 17.9. The van der Waals surface area contributed by atoms with E-state index in [1.807, 2.05) is 48.5 Å². The van der Waals surface area contributed by atoms with Crippen molar-refractivity contribution in [2.45, 2.75) is 26.9 Å². The van der Waals surface area contributed by atoms with Crippen LogP contribution in [0.5, 0.6) is 0 Å². The van der Waals surface area contributed by atoms with E-state index in [4.69, 9.17) is 4.84 Å². The van der Waals surface area contributed by atoms with Gasteiger partial charge in [-0.1, -0.05) is 72.3 Å². The Kier molecular flexibility index (Phi) is 5.82. The molecule has 0 aliphatic carbocycles. The van der Waals surface area contributed by atoms with Crippen LogP contribution in [-0.2, 0) is 17.9 Å². The Labute approximate surface area is 154 Å². The molecule has 3 aromatic rings. The van der Waals surface area contributed by atoms with Gasteiger partial charge in [-0.15, -0.1) is 5.06 Å². The number of benzene rings is 3. The summed E-state index contributed by atoms with van der Waals surface area (Å²) in [6, 6.07) is 25.4. The quantitative estimate of drug-likeness (QED) is 0.584. The molecule has 0 saturated heterocycles. The van der Waals surface area contributed by atoms with Crippen LogP contribution in [-0.4, -0.2) is 11.0 Å². The summed E-state index contributed by atoms with van der Waals surface area (Å²) in [6.45, 7) is 5.24. The summed E-state index contributed by atoms with van der Waals surface area (Å²) < 4.78 is 0. The summed E-state index contributed by atoms with van der Waals surface area (Å²) in [7, 11) is 0. The SMILES string of the molecule is Cc1ccc(CN(Cc2ccccc2)OC(=O)c2ccccc2)c(C)c1. The van der Waals surface area contributed by atoms with Gasteiger partial charge in [0.25, 0.3) is 0 Å². The van der Waals surface area contributed by atoms with Gasteiger partial charge in [-0.3, -0.25) is 0 Å². The lowest BCUT2D eigenvalue weighted by molar-refractivity contribution is -0.123. The Morgan fingerprint density at radius 2 is 1.50 bits per heavy atom. The van der Waals surface area contributed by atoms with Crippen LogP contribution >= 0.6 is 0 Å². The van der Waals surface area contributed by atoms with Crippen molar-refractivity contribution in [3.8, 4) is 0 Å². The van der Waals surface area contributed by atoms with Gasteiger partial charge in [-0.2, -0.15) is 0 Å². The Hall–Kier alpha value is -2.91. The van der Waals surface area contributed by atoms with Crippen LogP contribution in [0.15, 0.2) is 78.9 Å². The molecule has 3 nitrogen and oxygen atoms in total. The van der Waals surface area contributed by atoms with Gasteiger partial charge >= 0.3 is 5.97 Å². The fourth-order valence-electron chi connectivity index (χ4n) is 2.86. The summed E-state index contributed by atoms with van der Waals surface area (Å²) in [5.74, 6) is -0.341. The molecule has 0 atom stereocenters. The molecule has 0 amide bonds. The number of rotatable bonds is 6. The summed E-state index contributed by atoms with van der Waals surface area (Å²) in [6.07, 6.45) is 0. The second kappa shape index (κ2) is 8.45. The first-order chi connectivity index (χ1) is 12.6. The number of hydrogen-bond donors (Lipinski definition) is 0. The number of carbonyl (C=O) groups excluding carboxylic acids is 1. The number of hydrogen-bond acceptors (Lipinski definition) is 3. The molecule has 0 unspecified atom stereocenters. The average Bonchev–Trinajstić information content (AvgIpc) is 2.65. The van der Waals surface area contributed by atoms with E-state index in [1.165, 1.54) is 11.1 Å². The van der Waals surface area contributed by atoms with E-state index in [9.17, 15) is 4.79 Å². The third kappa shape index (κ3) is 4.80. The molecule has 0 saturated carbocycles. The van der Waals surface area contributed by atoms with Gasteiger partial charge in [0.2, 0.25) is 0 Å². The smallest absolute Gasteiger partial charge is 0.357 e. The fourth-order valence-corrected chi connectivity index (χ4v) is 2.86. The maximum Gasteiger partial charge on any atom is 0.357 e. The van der Waals surface area contributed by atoms with E-state index in [2.05, 4.69) is 32.0 Å². The third-order valence-corrected chi connectivity index (χ3v) is 4.27. The van der Waals surface area contributed by atoms with Gasteiger partial charge in [0.05, 0.1) is 18.7 Å². The predicted octanol–water partition coefficient (Wildman–Crippen LogP) is 5.08. The van der Waals surface area contributed by atoms with Crippen LogP contribution in [0.4, 0.5) is 0 Å². The van der Waals surface area contributed by atoms with E-state index in [-0.39, 0.29) is 5.97 Å². The Morgan fingerprint density at radius 3 is 2.15 bits per heavy atom. The van der Waals surface area contributed by atoms with Crippen LogP contribution in [0, 0.1) is 13.8 Å². The zero-order valence-electron chi connectivity index (χ0n) is 15.2. The second-order valence-corrected chi connectivity index (χ2v) is 6.46.